The average Bonchev–Trinajstić information content (AvgIpc) is 3.34. The first kappa shape index (κ1) is 26.2. The van der Waals surface area contributed by atoms with Crippen LogP contribution < -0.4 is 5.32 Å². The zero-order valence-electron chi connectivity index (χ0n) is 20.0. The second-order valence-electron chi connectivity index (χ2n) is 9.38. The van der Waals surface area contributed by atoms with E-state index in [0.29, 0.717) is 11.1 Å². The van der Waals surface area contributed by atoms with E-state index in [1.54, 1.807) is 30.3 Å². The molecule has 36 heavy (non-hydrogen) atoms. The molecule has 0 heterocycles. The number of halogens is 5. The minimum Gasteiger partial charge on any atom is -0.343 e. The van der Waals surface area contributed by atoms with Gasteiger partial charge < -0.3 is 10.2 Å². The molecule has 1 aliphatic rings. The summed E-state index contributed by atoms with van der Waals surface area (Å²) in [6.07, 6.45) is -1.15. The minimum atomic E-state index is -4.67. The topological polar surface area (TPSA) is 32.3 Å². The van der Waals surface area contributed by atoms with Gasteiger partial charge in [0.05, 0.1) is 22.2 Å². The average molecular weight is 519 g/mol. The van der Waals surface area contributed by atoms with Crippen molar-refractivity contribution in [2.75, 3.05) is 14.1 Å². The van der Waals surface area contributed by atoms with E-state index in [4.69, 9.17) is 11.6 Å². The smallest absolute Gasteiger partial charge is 0.343 e. The van der Waals surface area contributed by atoms with Crippen LogP contribution in [0, 0.1) is 5.82 Å². The number of benzene rings is 3. The second kappa shape index (κ2) is 10.2. The van der Waals surface area contributed by atoms with Gasteiger partial charge in [0.15, 0.2) is 0 Å². The van der Waals surface area contributed by atoms with E-state index in [1.165, 1.54) is 18.2 Å². The summed E-state index contributed by atoms with van der Waals surface area (Å²) < 4.78 is 54.5. The molecule has 8 heteroatoms. The molecule has 0 spiro atoms. The number of nitrogens with zero attached hydrogens (tertiary/aromatic N) is 1. The van der Waals surface area contributed by atoms with Gasteiger partial charge in [-0.3, -0.25) is 4.79 Å². The van der Waals surface area contributed by atoms with Crippen LogP contribution in [0.25, 0.3) is 11.1 Å². The fraction of sp³-hybridized carbons (Fsp3) is 0.321. The Hall–Kier alpha value is -2.90. The lowest BCUT2D eigenvalue weighted by Crippen LogP contribution is -2.53. The highest BCUT2D eigenvalue weighted by Crippen LogP contribution is 2.44. The van der Waals surface area contributed by atoms with Gasteiger partial charge in [0.25, 0.3) is 5.91 Å². The normalized spacial score (nSPS) is 16.2. The van der Waals surface area contributed by atoms with Crippen molar-refractivity contribution >= 4 is 17.5 Å². The third kappa shape index (κ3) is 5.00. The molecule has 3 aromatic rings. The van der Waals surface area contributed by atoms with Gasteiger partial charge in [-0.15, -0.1) is 0 Å². The van der Waals surface area contributed by atoms with Crippen LogP contribution in [-0.2, 0) is 6.18 Å². The number of amides is 1. The first-order valence-electron chi connectivity index (χ1n) is 11.7. The highest BCUT2D eigenvalue weighted by Gasteiger charge is 2.45. The quantitative estimate of drug-likeness (QED) is 0.342. The predicted molar refractivity (Wildman–Crippen MR) is 133 cm³/mol. The zero-order valence-corrected chi connectivity index (χ0v) is 20.8. The first-order valence-corrected chi connectivity index (χ1v) is 12.1. The maximum absolute atomic E-state index is 14.3. The van der Waals surface area contributed by atoms with E-state index >= 15 is 0 Å². The Morgan fingerprint density at radius 1 is 0.972 bits per heavy atom. The summed E-state index contributed by atoms with van der Waals surface area (Å²) in [4.78, 5) is 15.4. The van der Waals surface area contributed by atoms with Gasteiger partial charge in [-0.05, 0) is 56.3 Å². The first-order chi connectivity index (χ1) is 17.0. The van der Waals surface area contributed by atoms with Gasteiger partial charge in [0.1, 0.15) is 5.82 Å². The van der Waals surface area contributed by atoms with Crippen molar-refractivity contribution in [3.05, 3.63) is 94.3 Å². The number of rotatable bonds is 6. The second-order valence-corrected chi connectivity index (χ2v) is 9.76. The van der Waals surface area contributed by atoms with Crippen LogP contribution in [0.5, 0.6) is 0 Å². The van der Waals surface area contributed by atoms with Crippen LogP contribution >= 0.6 is 11.6 Å². The maximum Gasteiger partial charge on any atom is 0.417 e. The lowest BCUT2D eigenvalue weighted by molar-refractivity contribution is -0.137. The van der Waals surface area contributed by atoms with Crippen LogP contribution in [0.1, 0.15) is 53.2 Å². The number of carbonyl (C=O) groups excluding carboxylic acids is 1. The Balaban J connectivity index is 1.73. The molecule has 0 saturated heterocycles. The molecule has 1 amide bonds. The monoisotopic (exact) mass is 518 g/mol. The van der Waals surface area contributed by atoms with Crippen LogP contribution in [0.4, 0.5) is 17.6 Å². The molecule has 3 aromatic carbocycles. The Bertz CT molecular complexity index is 1240. The molecule has 0 bridgehead atoms. The summed E-state index contributed by atoms with van der Waals surface area (Å²) in [6.45, 7) is 0. The van der Waals surface area contributed by atoms with Crippen LogP contribution in [0.3, 0.4) is 0 Å². The zero-order chi connectivity index (χ0) is 26.1. The van der Waals surface area contributed by atoms with Crippen molar-refractivity contribution < 1.29 is 22.4 Å². The highest BCUT2D eigenvalue weighted by atomic mass is 35.5. The van der Waals surface area contributed by atoms with Crippen LogP contribution in [0.2, 0.25) is 5.02 Å². The molecule has 4 rings (SSSR count). The van der Waals surface area contributed by atoms with E-state index in [9.17, 15) is 22.4 Å². The Morgan fingerprint density at radius 3 is 2.19 bits per heavy atom. The molecule has 1 saturated carbocycles. The Morgan fingerprint density at radius 2 is 1.61 bits per heavy atom. The molecular formula is C28H27ClF4N2O. The van der Waals surface area contributed by atoms with E-state index < -0.39 is 34.3 Å². The predicted octanol–water partition coefficient (Wildman–Crippen LogP) is 7.51. The van der Waals surface area contributed by atoms with Crippen LogP contribution in [-0.4, -0.2) is 30.4 Å². The number of alkyl halides is 3. The summed E-state index contributed by atoms with van der Waals surface area (Å²) in [5.41, 5.74) is 0.208. The van der Waals surface area contributed by atoms with Crippen molar-refractivity contribution in [3.63, 3.8) is 0 Å². The fourth-order valence-electron chi connectivity index (χ4n) is 5.19. The minimum absolute atomic E-state index is 0.230. The van der Waals surface area contributed by atoms with Gasteiger partial charge >= 0.3 is 6.18 Å². The molecule has 0 aliphatic heterocycles. The van der Waals surface area contributed by atoms with Crippen molar-refractivity contribution in [3.8, 4) is 11.1 Å². The molecule has 1 aliphatic carbocycles. The van der Waals surface area contributed by atoms with Gasteiger partial charge in [0.2, 0.25) is 0 Å². The number of carbonyl (C=O) groups is 1. The summed E-state index contributed by atoms with van der Waals surface area (Å²) >= 11 is 6.05. The van der Waals surface area contributed by atoms with Gasteiger partial charge in [-0.1, -0.05) is 73.0 Å². The van der Waals surface area contributed by atoms with Gasteiger partial charge in [0, 0.05) is 11.1 Å². The van der Waals surface area contributed by atoms with Crippen molar-refractivity contribution in [2.45, 2.75) is 43.4 Å². The Labute approximate surface area is 213 Å². The van der Waals surface area contributed by atoms with Crippen molar-refractivity contribution in [2.24, 2.45) is 0 Å². The molecular weight excluding hydrogens is 492 g/mol. The molecule has 1 fully saturated rings. The lowest BCUT2D eigenvalue weighted by atomic mass is 9.81. The fourth-order valence-corrected chi connectivity index (χ4v) is 5.51. The molecule has 0 aromatic heterocycles. The van der Waals surface area contributed by atoms with E-state index in [0.717, 1.165) is 37.3 Å². The number of hydrogen-bond donors (Lipinski definition) is 1. The van der Waals surface area contributed by atoms with Crippen LogP contribution in [0.15, 0.2) is 66.7 Å². The third-order valence-corrected chi connectivity index (χ3v) is 7.56. The molecule has 1 unspecified atom stereocenters. The molecule has 0 radical (unpaired) electrons. The van der Waals surface area contributed by atoms with E-state index in [2.05, 4.69) is 10.2 Å². The number of likely N-dealkylation sites (N-methyl/N-ethyl adjacent to an activating group) is 1. The van der Waals surface area contributed by atoms with E-state index in [1.807, 2.05) is 26.2 Å². The molecule has 1 atom stereocenters. The number of nitrogens with one attached hydrogen (secondary N) is 1. The van der Waals surface area contributed by atoms with Gasteiger partial charge in [-0.25, -0.2) is 4.39 Å². The summed E-state index contributed by atoms with van der Waals surface area (Å²) in [6, 6.07) is 16.5. The third-order valence-electron chi connectivity index (χ3n) is 7.15. The summed E-state index contributed by atoms with van der Waals surface area (Å²) in [5, 5.41) is 2.37. The van der Waals surface area contributed by atoms with Crippen molar-refractivity contribution in [1.82, 2.24) is 10.2 Å². The van der Waals surface area contributed by atoms with Crippen molar-refractivity contribution in [1.29, 1.82) is 0 Å². The SMILES string of the molecule is CN(C)C1(C(NC(=O)c2cccc(C(F)(F)F)c2Cl)c2ccc(-c3ccccc3F)cc2)CCCC1. The molecule has 190 valence electrons. The standard InChI is InChI=1S/C28H27ClF4N2O/c1-35(2)27(16-5-6-17-27)25(19-14-12-18(13-15-19)20-8-3-4-11-23(20)30)34-26(36)21-9-7-10-22(24(21)29)28(31,32)33/h3-4,7-15,25H,5-6,16-17H2,1-2H3,(H,34,36). The lowest BCUT2D eigenvalue weighted by Gasteiger charge is -2.44. The molecule has 1 N–H and O–H groups in total. The summed E-state index contributed by atoms with van der Waals surface area (Å²) in [7, 11) is 3.88. The van der Waals surface area contributed by atoms with E-state index in [-0.39, 0.29) is 11.4 Å². The Kier molecular flexibility index (Phi) is 7.43. The number of hydrogen-bond acceptors (Lipinski definition) is 2. The maximum atomic E-state index is 14.3. The van der Waals surface area contributed by atoms with Gasteiger partial charge in [-0.2, -0.15) is 13.2 Å². The largest absolute Gasteiger partial charge is 0.417 e. The molecule has 3 nitrogen and oxygen atoms in total. The summed E-state index contributed by atoms with van der Waals surface area (Å²) in [5.74, 6) is -1.02. The highest BCUT2D eigenvalue weighted by molar-refractivity contribution is 6.34.